The van der Waals surface area contributed by atoms with Crippen LogP contribution in [0.5, 0.6) is 0 Å². The number of carbonyl (C=O) groups is 1. The van der Waals surface area contributed by atoms with Gasteiger partial charge in [0.25, 0.3) is 15.9 Å². The lowest BCUT2D eigenvalue weighted by Crippen LogP contribution is -2.39. The summed E-state index contributed by atoms with van der Waals surface area (Å²) in [5.41, 5.74) is 8.19. The van der Waals surface area contributed by atoms with Gasteiger partial charge in [-0.1, -0.05) is 58.6 Å². The predicted molar refractivity (Wildman–Crippen MR) is 158 cm³/mol. The molecule has 10 heteroatoms. The van der Waals surface area contributed by atoms with Crippen LogP contribution in [0.3, 0.4) is 0 Å². The van der Waals surface area contributed by atoms with Crippen LogP contribution in [0.25, 0.3) is 5.69 Å². The first kappa shape index (κ1) is 28.4. The van der Waals surface area contributed by atoms with Gasteiger partial charge in [0.05, 0.1) is 26.8 Å². The van der Waals surface area contributed by atoms with Crippen molar-refractivity contribution in [1.82, 2.24) is 9.99 Å². The van der Waals surface area contributed by atoms with E-state index in [9.17, 15) is 13.2 Å². The third kappa shape index (κ3) is 6.36. The van der Waals surface area contributed by atoms with Crippen LogP contribution in [-0.2, 0) is 14.8 Å². The molecule has 0 spiro atoms. The Hall–Kier alpha value is -3.59. The van der Waals surface area contributed by atoms with Gasteiger partial charge in [-0.3, -0.25) is 9.10 Å². The van der Waals surface area contributed by atoms with E-state index in [0.29, 0.717) is 15.7 Å². The van der Waals surface area contributed by atoms with E-state index in [0.717, 1.165) is 38.1 Å². The molecule has 4 rings (SSSR count). The number of hydrazone groups is 1. The molecule has 0 saturated carbocycles. The van der Waals surface area contributed by atoms with Crippen molar-refractivity contribution in [3.63, 3.8) is 0 Å². The summed E-state index contributed by atoms with van der Waals surface area (Å²) in [6, 6.07) is 20.8. The van der Waals surface area contributed by atoms with Crippen LogP contribution >= 0.6 is 23.2 Å². The molecule has 0 aliphatic heterocycles. The monoisotopic (exact) mass is 582 g/mol. The second-order valence-electron chi connectivity index (χ2n) is 9.21. The Morgan fingerprint density at radius 1 is 0.897 bits per heavy atom. The van der Waals surface area contributed by atoms with Gasteiger partial charge in [-0.05, 0) is 76.2 Å². The zero-order valence-corrected chi connectivity index (χ0v) is 24.3. The molecule has 1 amide bonds. The summed E-state index contributed by atoms with van der Waals surface area (Å²) in [5, 5.41) is 5.02. The van der Waals surface area contributed by atoms with Crippen LogP contribution in [0.15, 0.2) is 82.8 Å². The Balaban J connectivity index is 1.55. The zero-order valence-electron chi connectivity index (χ0n) is 21.9. The van der Waals surface area contributed by atoms with Crippen molar-refractivity contribution in [2.45, 2.75) is 32.6 Å². The van der Waals surface area contributed by atoms with Crippen LogP contribution in [0.2, 0.25) is 10.0 Å². The fraction of sp³-hybridized carbons (Fsp3) is 0.172. The average molecular weight is 584 g/mol. The van der Waals surface area contributed by atoms with Gasteiger partial charge in [-0.25, -0.2) is 13.8 Å². The van der Waals surface area contributed by atoms with Crippen molar-refractivity contribution < 1.29 is 13.2 Å². The van der Waals surface area contributed by atoms with E-state index in [4.69, 9.17) is 23.2 Å². The highest BCUT2D eigenvalue weighted by Gasteiger charge is 2.27. The Kier molecular flexibility index (Phi) is 8.49. The Labute approximate surface area is 238 Å². The average Bonchev–Trinajstić information content (AvgIpc) is 3.17. The van der Waals surface area contributed by atoms with Gasteiger partial charge >= 0.3 is 0 Å². The maximum Gasteiger partial charge on any atom is 0.264 e. The second-order valence-corrected chi connectivity index (χ2v) is 11.9. The van der Waals surface area contributed by atoms with Crippen LogP contribution in [0.4, 0.5) is 5.69 Å². The minimum atomic E-state index is -4.01. The van der Waals surface area contributed by atoms with Gasteiger partial charge in [0.1, 0.15) is 6.54 Å². The van der Waals surface area contributed by atoms with Gasteiger partial charge < -0.3 is 4.57 Å². The summed E-state index contributed by atoms with van der Waals surface area (Å²) in [4.78, 5) is 13.0. The molecule has 0 saturated heterocycles. The number of aryl methyl sites for hydroxylation is 3. The van der Waals surface area contributed by atoms with Crippen molar-refractivity contribution in [2.24, 2.45) is 5.10 Å². The number of hydrogen-bond acceptors (Lipinski definition) is 4. The normalized spacial score (nSPS) is 11.6. The molecule has 1 aromatic heterocycles. The molecule has 7 nitrogen and oxygen atoms in total. The number of hydrogen-bond donors (Lipinski definition) is 1. The van der Waals surface area contributed by atoms with Crippen molar-refractivity contribution >= 4 is 51.0 Å². The minimum absolute atomic E-state index is 0.0970. The van der Waals surface area contributed by atoms with E-state index < -0.39 is 22.5 Å². The number of halogens is 2. The summed E-state index contributed by atoms with van der Waals surface area (Å²) >= 11 is 12.3. The molecule has 0 unspecified atom stereocenters. The molecule has 202 valence electrons. The molecule has 0 aliphatic rings. The van der Waals surface area contributed by atoms with Crippen molar-refractivity contribution in [2.75, 3.05) is 10.8 Å². The number of nitrogens with one attached hydrogen (secondary N) is 1. The number of rotatable bonds is 8. The van der Waals surface area contributed by atoms with E-state index in [2.05, 4.69) is 10.5 Å². The molecule has 0 atom stereocenters. The fourth-order valence-electron chi connectivity index (χ4n) is 4.14. The van der Waals surface area contributed by atoms with Crippen molar-refractivity contribution in [3.05, 3.63) is 111 Å². The molecule has 4 aromatic rings. The number of sulfonamides is 1. The number of carbonyl (C=O) groups excluding carboxylic acids is 1. The van der Waals surface area contributed by atoms with Gasteiger partial charge in [0.15, 0.2) is 0 Å². The highest BCUT2D eigenvalue weighted by atomic mass is 35.5. The van der Waals surface area contributed by atoms with Gasteiger partial charge in [0.2, 0.25) is 0 Å². The topological polar surface area (TPSA) is 83.8 Å². The Morgan fingerprint density at radius 2 is 1.51 bits per heavy atom. The zero-order chi connectivity index (χ0) is 28.3. The van der Waals surface area contributed by atoms with E-state index >= 15 is 0 Å². The molecular weight excluding hydrogens is 555 g/mol. The molecule has 0 bridgehead atoms. The molecule has 3 aromatic carbocycles. The summed E-state index contributed by atoms with van der Waals surface area (Å²) < 4.78 is 30.1. The summed E-state index contributed by atoms with van der Waals surface area (Å²) in [6.07, 6.45) is 1.53. The van der Waals surface area contributed by atoms with Gasteiger partial charge in [-0.2, -0.15) is 5.10 Å². The number of aromatic nitrogens is 1. The van der Waals surface area contributed by atoms with E-state index in [1.165, 1.54) is 18.3 Å². The summed E-state index contributed by atoms with van der Waals surface area (Å²) in [7, 11) is -4.01. The summed E-state index contributed by atoms with van der Waals surface area (Å²) in [5.74, 6) is -0.583. The smallest absolute Gasteiger partial charge is 0.264 e. The molecule has 0 aliphatic carbocycles. The Bertz CT molecular complexity index is 1650. The highest BCUT2D eigenvalue weighted by molar-refractivity contribution is 7.92. The maximum atomic E-state index is 13.5. The molecule has 0 radical (unpaired) electrons. The van der Waals surface area contributed by atoms with Crippen molar-refractivity contribution in [3.8, 4) is 5.69 Å². The Morgan fingerprint density at radius 3 is 2.13 bits per heavy atom. The largest absolute Gasteiger partial charge is 0.318 e. The third-order valence-electron chi connectivity index (χ3n) is 6.24. The van der Waals surface area contributed by atoms with Gasteiger partial charge in [-0.15, -0.1) is 0 Å². The number of amides is 1. The van der Waals surface area contributed by atoms with E-state index in [-0.39, 0.29) is 4.90 Å². The number of nitrogens with zero attached hydrogens (tertiary/aromatic N) is 3. The first-order valence-corrected chi connectivity index (χ1v) is 14.3. The highest BCUT2D eigenvalue weighted by Crippen LogP contribution is 2.28. The molecule has 1 N–H and O–H groups in total. The lowest BCUT2D eigenvalue weighted by molar-refractivity contribution is -0.119. The molecule has 39 heavy (non-hydrogen) atoms. The van der Waals surface area contributed by atoms with Crippen molar-refractivity contribution in [1.29, 1.82) is 0 Å². The lowest BCUT2D eigenvalue weighted by Gasteiger charge is -2.24. The molecule has 1 heterocycles. The van der Waals surface area contributed by atoms with Crippen LogP contribution in [-0.4, -0.2) is 31.7 Å². The third-order valence-corrected chi connectivity index (χ3v) is 8.77. The first-order valence-electron chi connectivity index (χ1n) is 12.1. The number of benzene rings is 3. The van der Waals surface area contributed by atoms with Crippen LogP contribution in [0.1, 0.15) is 28.1 Å². The van der Waals surface area contributed by atoms with Gasteiger partial charge in [0, 0.05) is 22.6 Å². The predicted octanol–water partition coefficient (Wildman–Crippen LogP) is 6.36. The van der Waals surface area contributed by atoms with Crippen LogP contribution in [0, 0.1) is 27.7 Å². The van der Waals surface area contributed by atoms with Crippen LogP contribution < -0.4 is 9.73 Å². The van der Waals surface area contributed by atoms with E-state index in [1.54, 1.807) is 48.5 Å². The summed E-state index contributed by atoms with van der Waals surface area (Å²) in [6.45, 7) is 7.20. The minimum Gasteiger partial charge on any atom is -0.318 e. The second kappa shape index (κ2) is 11.7. The lowest BCUT2D eigenvalue weighted by atomic mass is 10.2. The standard InChI is InChI=1S/C29H28Cl2N4O3S/c1-19-5-9-24(10-6-19)34(39(37,38)26-12-7-20(2)8-13-26)18-29(36)33-32-17-23-15-21(3)35(22(23)4)25-11-14-27(30)28(31)16-25/h5-17H,18H2,1-4H3,(H,33,36)/b32-17-. The molecule has 0 fully saturated rings. The fourth-order valence-corrected chi connectivity index (χ4v) is 5.86. The molecular formula is C29H28Cl2N4O3S. The SMILES string of the molecule is Cc1ccc(N(CC(=O)N/N=C\c2cc(C)n(-c3ccc(Cl)c(Cl)c3)c2C)S(=O)(=O)c2ccc(C)cc2)cc1. The quantitative estimate of drug-likeness (QED) is 0.194. The van der Waals surface area contributed by atoms with E-state index in [1.807, 2.05) is 44.4 Å². The first-order chi connectivity index (χ1) is 18.5. The number of anilines is 1. The maximum absolute atomic E-state index is 13.5.